The van der Waals surface area contributed by atoms with Crippen LogP contribution in [-0.2, 0) is 0 Å². The largest absolute Gasteiger partial charge is 0.336 e. The van der Waals surface area contributed by atoms with E-state index in [-0.39, 0.29) is 18.0 Å². The number of benzene rings is 1. The van der Waals surface area contributed by atoms with Crippen molar-refractivity contribution in [2.75, 3.05) is 26.2 Å². The lowest BCUT2D eigenvalue weighted by molar-refractivity contribution is 0.0664. The molecule has 2 rings (SSSR count). The van der Waals surface area contributed by atoms with Gasteiger partial charge in [-0.2, -0.15) is 0 Å². The Hall–Kier alpha value is -1.46. The summed E-state index contributed by atoms with van der Waals surface area (Å²) in [6, 6.07) is 4.84. The zero-order chi connectivity index (χ0) is 16.3. The molecule has 22 heavy (non-hydrogen) atoms. The molecule has 1 aliphatic rings. The number of rotatable bonds is 2. The maximum Gasteiger partial charge on any atom is 0.317 e. The second-order valence-corrected chi connectivity index (χ2v) is 6.35. The van der Waals surface area contributed by atoms with Crippen molar-refractivity contribution in [3.63, 3.8) is 0 Å². The number of nitrogens with zero attached hydrogens (tertiary/aromatic N) is 2. The molecule has 5 nitrogen and oxygen atoms in total. The first-order chi connectivity index (χ1) is 10.4. The van der Waals surface area contributed by atoms with Crippen molar-refractivity contribution in [1.29, 1.82) is 0 Å². The number of hydrogen-bond donors (Lipinski definition) is 1. The standard InChI is InChI=1S/C15H19Cl2N3O2/c1-10(2)18-15(22)20-7-5-19(6-8-20)14(21)12-4-3-11(16)9-13(12)17/h3-4,9-10H,5-8H2,1-2H3,(H,18,22). The van der Waals surface area contributed by atoms with Crippen LogP contribution in [0.15, 0.2) is 18.2 Å². The van der Waals surface area contributed by atoms with Crippen LogP contribution in [0, 0.1) is 0 Å². The number of piperazine rings is 1. The van der Waals surface area contributed by atoms with Gasteiger partial charge in [0.15, 0.2) is 0 Å². The predicted octanol–water partition coefficient (Wildman–Crippen LogP) is 2.87. The highest BCUT2D eigenvalue weighted by atomic mass is 35.5. The third-order valence-electron chi connectivity index (χ3n) is 3.43. The highest BCUT2D eigenvalue weighted by Gasteiger charge is 2.26. The Balaban J connectivity index is 1.96. The Bertz CT molecular complexity index is 570. The van der Waals surface area contributed by atoms with E-state index in [1.54, 1.807) is 28.0 Å². The SMILES string of the molecule is CC(C)NC(=O)N1CCN(C(=O)c2ccc(Cl)cc2Cl)CC1. The van der Waals surface area contributed by atoms with Gasteiger partial charge in [-0.25, -0.2) is 4.79 Å². The molecule has 1 heterocycles. The third-order valence-corrected chi connectivity index (χ3v) is 3.98. The fourth-order valence-corrected chi connectivity index (χ4v) is 2.77. The number of urea groups is 1. The summed E-state index contributed by atoms with van der Waals surface area (Å²) in [6.07, 6.45) is 0. The van der Waals surface area contributed by atoms with Gasteiger partial charge in [0.25, 0.3) is 5.91 Å². The summed E-state index contributed by atoms with van der Waals surface area (Å²) in [4.78, 5) is 27.8. The molecule has 1 aliphatic heterocycles. The minimum absolute atomic E-state index is 0.0911. The van der Waals surface area contributed by atoms with Crippen LogP contribution in [0.4, 0.5) is 4.79 Å². The van der Waals surface area contributed by atoms with Gasteiger partial charge < -0.3 is 15.1 Å². The first-order valence-electron chi connectivity index (χ1n) is 7.18. The molecule has 0 radical (unpaired) electrons. The second-order valence-electron chi connectivity index (χ2n) is 5.51. The molecule has 1 fully saturated rings. The van der Waals surface area contributed by atoms with E-state index < -0.39 is 0 Å². The van der Waals surface area contributed by atoms with Crippen molar-refractivity contribution < 1.29 is 9.59 Å². The minimum atomic E-state index is -0.134. The van der Waals surface area contributed by atoms with Crippen molar-refractivity contribution in [3.05, 3.63) is 33.8 Å². The minimum Gasteiger partial charge on any atom is -0.336 e. The summed E-state index contributed by atoms with van der Waals surface area (Å²) >= 11 is 11.9. The Morgan fingerprint density at radius 3 is 2.23 bits per heavy atom. The molecule has 7 heteroatoms. The van der Waals surface area contributed by atoms with Gasteiger partial charge in [0.05, 0.1) is 10.6 Å². The molecule has 1 N–H and O–H groups in total. The lowest BCUT2D eigenvalue weighted by Gasteiger charge is -2.35. The lowest BCUT2D eigenvalue weighted by atomic mass is 10.2. The van der Waals surface area contributed by atoms with E-state index in [9.17, 15) is 9.59 Å². The predicted molar refractivity (Wildman–Crippen MR) is 87.6 cm³/mol. The number of carbonyl (C=O) groups is 2. The van der Waals surface area contributed by atoms with Gasteiger partial charge in [0.2, 0.25) is 0 Å². The first-order valence-corrected chi connectivity index (χ1v) is 7.94. The van der Waals surface area contributed by atoms with Crippen molar-refractivity contribution in [3.8, 4) is 0 Å². The quantitative estimate of drug-likeness (QED) is 0.897. The molecular formula is C15H19Cl2N3O2. The molecule has 0 atom stereocenters. The molecule has 0 bridgehead atoms. The topological polar surface area (TPSA) is 52.7 Å². The molecular weight excluding hydrogens is 325 g/mol. The normalized spacial score (nSPS) is 15.1. The third kappa shape index (κ3) is 4.05. The molecule has 120 valence electrons. The van der Waals surface area contributed by atoms with E-state index in [0.29, 0.717) is 41.8 Å². The molecule has 0 aromatic heterocycles. The summed E-state index contributed by atoms with van der Waals surface area (Å²) in [6.45, 7) is 5.83. The van der Waals surface area contributed by atoms with Gasteiger partial charge >= 0.3 is 6.03 Å². The molecule has 1 saturated heterocycles. The van der Waals surface area contributed by atoms with Crippen LogP contribution >= 0.6 is 23.2 Å². The van der Waals surface area contributed by atoms with Crippen LogP contribution in [0.2, 0.25) is 10.0 Å². The van der Waals surface area contributed by atoms with Crippen molar-refractivity contribution in [2.45, 2.75) is 19.9 Å². The van der Waals surface area contributed by atoms with Crippen LogP contribution < -0.4 is 5.32 Å². The molecule has 1 aromatic rings. The van der Waals surface area contributed by atoms with E-state index in [0.717, 1.165) is 0 Å². The summed E-state index contributed by atoms with van der Waals surface area (Å²) in [5, 5.41) is 3.69. The molecule has 0 unspecified atom stereocenters. The number of hydrogen-bond acceptors (Lipinski definition) is 2. The van der Waals surface area contributed by atoms with Gasteiger partial charge in [-0.05, 0) is 32.0 Å². The van der Waals surface area contributed by atoms with Gasteiger partial charge in [0, 0.05) is 37.2 Å². The van der Waals surface area contributed by atoms with Crippen LogP contribution in [-0.4, -0.2) is 54.0 Å². The zero-order valence-corrected chi connectivity index (χ0v) is 14.1. The van der Waals surface area contributed by atoms with Crippen molar-refractivity contribution >= 4 is 35.1 Å². The van der Waals surface area contributed by atoms with Crippen LogP contribution in [0.5, 0.6) is 0 Å². The average Bonchev–Trinajstić information content (AvgIpc) is 2.46. The molecule has 0 spiro atoms. The van der Waals surface area contributed by atoms with Crippen LogP contribution in [0.3, 0.4) is 0 Å². The molecule has 3 amide bonds. The summed E-state index contributed by atoms with van der Waals surface area (Å²) < 4.78 is 0. The lowest BCUT2D eigenvalue weighted by Crippen LogP contribution is -2.54. The smallest absolute Gasteiger partial charge is 0.317 e. The monoisotopic (exact) mass is 343 g/mol. The number of amides is 3. The Kier molecular flexibility index (Phi) is 5.53. The van der Waals surface area contributed by atoms with Crippen molar-refractivity contribution in [2.24, 2.45) is 0 Å². The highest BCUT2D eigenvalue weighted by Crippen LogP contribution is 2.22. The average molecular weight is 344 g/mol. The van der Waals surface area contributed by atoms with E-state index in [1.165, 1.54) is 0 Å². The van der Waals surface area contributed by atoms with E-state index >= 15 is 0 Å². The van der Waals surface area contributed by atoms with Gasteiger partial charge in [-0.15, -0.1) is 0 Å². The summed E-state index contributed by atoms with van der Waals surface area (Å²) in [7, 11) is 0. The maximum absolute atomic E-state index is 12.5. The Labute approximate surface area is 140 Å². The number of carbonyl (C=O) groups excluding carboxylic acids is 2. The Morgan fingerprint density at radius 1 is 1.09 bits per heavy atom. The highest BCUT2D eigenvalue weighted by molar-refractivity contribution is 6.36. The van der Waals surface area contributed by atoms with Gasteiger partial charge in [0.1, 0.15) is 0 Å². The molecule has 1 aromatic carbocycles. The van der Waals surface area contributed by atoms with E-state index in [2.05, 4.69) is 5.32 Å². The molecule has 0 saturated carbocycles. The van der Waals surface area contributed by atoms with Gasteiger partial charge in [-0.3, -0.25) is 4.79 Å². The molecule has 0 aliphatic carbocycles. The number of halogens is 2. The maximum atomic E-state index is 12.5. The van der Waals surface area contributed by atoms with Crippen LogP contribution in [0.1, 0.15) is 24.2 Å². The number of nitrogens with one attached hydrogen (secondary N) is 1. The first kappa shape index (κ1) is 16.9. The summed E-state index contributed by atoms with van der Waals surface area (Å²) in [5.41, 5.74) is 0.436. The Morgan fingerprint density at radius 2 is 1.68 bits per heavy atom. The van der Waals surface area contributed by atoms with Crippen LogP contribution in [0.25, 0.3) is 0 Å². The second kappa shape index (κ2) is 7.20. The zero-order valence-electron chi connectivity index (χ0n) is 12.6. The fourth-order valence-electron chi connectivity index (χ4n) is 2.28. The fraction of sp³-hybridized carbons (Fsp3) is 0.467. The van der Waals surface area contributed by atoms with E-state index in [4.69, 9.17) is 23.2 Å². The van der Waals surface area contributed by atoms with Crippen molar-refractivity contribution in [1.82, 2.24) is 15.1 Å². The van der Waals surface area contributed by atoms with E-state index in [1.807, 2.05) is 13.8 Å². The van der Waals surface area contributed by atoms with Gasteiger partial charge in [-0.1, -0.05) is 23.2 Å². The summed E-state index contributed by atoms with van der Waals surface area (Å²) in [5.74, 6) is -0.134.